The van der Waals surface area contributed by atoms with Crippen LogP contribution in [0.3, 0.4) is 0 Å². The second kappa shape index (κ2) is 5.64. The summed E-state index contributed by atoms with van der Waals surface area (Å²) in [7, 11) is 1.40. The number of ether oxygens (including phenoxy) is 2. The van der Waals surface area contributed by atoms with Gasteiger partial charge in [-0.1, -0.05) is 32.9 Å². The molecule has 21 heavy (non-hydrogen) atoms. The van der Waals surface area contributed by atoms with E-state index in [0.29, 0.717) is 11.5 Å². The minimum absolute atomic E-state index is 0.0800. The summed E-state index contributed by atoms with van der Waals surface area (Å²) >= 11 is 0. The van der Waals surface area contributed by atoms with Crippen molar-refractivity contribution in [2.45, 2.75) is 26.2 Å². The van der Waals surface area contributed by atoms with Gasteiger partial charge in [0.05, 0.1) is 12.8 Å². The van der Waals surface area contributed by atoms with Gasteiger partial charge < -0.3 is 15.2 Å². The molecule has 0 saturated heterocycles. The van der Waals surface area contributed by atoms with E-state index in [0.717, 1.165) is 0 Å². The summed E-state index contributed by atoms with van der Waals surface area (Å²) in [6.07, 6.45) is 0. The van der Waals surface area contributed by atoms with Gasteiger partial charge in [-0.25, -0.2) is 4.39 Å². The zero-order chi connectivity index (χ0) is 15.6. The molecule has 0 radical (unpaired) electrons. The van der Waals surface area contributed by atoms with Crippen LogP contribution in [0.25, 0.3) is 0 Å². The molecule has 3 nitrogen and oxygen atoms in total. The van der Waals surface area contributed by atoms with E-state index in [4.69, 9.17) is 15.2 Å². The standard InChI is InChI=1S/C17H20FNO2/c1-17(2,3)11-5-7-12(8-6-11)21-16-10-15(20-4)13(18)9-14(16)19/h5-10H,19H2,1-4H3. The van der Waals surface area contributed by atoms with Crippen molar-refractivity contribution in [1.29, 1.82) is 0 Å². The quantitative estimate of drug-likeness (QED) is 0.846. The normalized spacial score (nSPS) is 11.3. The fourth-order valence-electron chi connectivity index (χ4n) is 1.94. The van der Waals surface area contributed by atoms with Gasteiger partial charge in [-0.3, -0.25) is 0 Å². The zero-order valence-corrected chi connectivity index (χ0v) is 12.7. The maximum atomic E-state index is 13.5. The summed E-state index contributed by atoms with van der Waals surface area (Å²) in [5.74, 6) is 0.607. The molecule has 0 aliphatic heterocycles. The van der Waals surface area contributed by atoms with Crippen LogP contribution >= 0.6 is 0 Å². The van der Waals surface area contributed by atoms with Crippen molar-refractivity contribution in [3.8, 4) is 17.2 Å². The lowest BCUT2D eigenvalue weighted by molar-refractivity contribution is 0.382. The molecule has 0 heterocycles. The molecule has 2 aromatic carbocycles. The maximum Gasteiger partial charge on any atom is 0.167 e. The van der Waals surface area contributed by atoms with Gasteiger partial charge in [-0.15, -0.1) is 0 Å². The lowest BCUT2D eigenvalue weighted by Crippen LogP contribution is -2.10. The molecule has 0 aromatic heterocycles. The third kappa shape index (κ3) is 3.45. The molecule has 0 spiro atoms. The van der Waals surface area contributed by atoms with Crippen molar-refractivity contribution >= 4 is 5.69 Å². The van der Waals surface area contributed by atoms with E-state index in [9.17, 15) is 4.39 Å². The molecule has 0 fully saturated rings. The van der Waals surface area contributed by atoms with E-state index in [1.165, 1.54) is 24.8 Å². The Morgan fingerprint density at radius 2 is 1.62 bits per heavy atom. The molecule has 0 unspecified atom stereocenters. The number of hydrogen-bond donors (Lipinski definition) is 1. The number of nitrogen functional groups attached to an aromatic ring is 1. The number of benzene rings is 2. The Morgan fingerprint density at radius 1 is 1.00 bits per heavy atom. The highest BCUT2D eigenvalue weighted by Gasteiger charge is 2.14. The molecule has 0 saturated carbocycles. The summed E-state index contributed by atoms with van der Waals surface area (Å²) < 4.78 is 24.1. The van der Waals surface area contributed by atoms with Crippen molar-refractivity contribution in [3.05, 3.63) is 47.8 Å². The second-order valence-corrected chi connectivity index (χ2v) is 5.90. The topological polar surface area (TPSA) is 44.5 Å². The molecule has 2 N–H and O–H groups in total. The first-order chi connectivity index (χ1) is 9.81. The van der Waals surface area contributed by atoms with Crippen LogP contribution < -0.4 is 15.2 Å². The lowest BCUT2D eigenvalue weighted by Gasteiger charge is -2.19. The van der Waals surface area contributed by atoms with Gasteiger partial charge in [0, 0.05) is 12.1 Å². The van der Waals surface area contributed by atoms with Gasteiger partial charge >= 0.3 is 0 Å². The SMILES string of the molecule is COc1cc(Oc2ccc(C(C)(C)C)cc2)c(N)cc1F. The third-order valence-electron chi connectivity index (χ3n) is 3.23. The number of nitrogens with two attached hydrogens (primary N) is 1. The van der Waals surface area contributed by atoms with E-state index in [1.807, 2.05) is 24.3 Å². The Hall–Kier alpha value is -2.23. The Balaban J connectivity index is 2.26. The van der Waals surface area contributed by atoms with Crippen molar-refractivity contribution in [2.75, 3.05) is 12.8 Å². The summed E-state index contributed by atoms with van der Waals surface area (Å²) in [4.78, 5) is 0. The van der Waals surface area contributed by atoms with Gasteiger partial charge in [0.15, 0.2) is 17.3 Å². The fourth-order valence-corrected chi connectivity index (χ4v) is 1.94. The Bertz CT molecular complexity index is 630. The molecule has 0 aliphatic rings. The minimum atomic E-state index is -0.509. The van der Waals surface area contributed by atoms with Gasteiger partial charge in [-0.05, 0) is 23.1 Å². The van der Waals surface area contributed by atoms with Gasteiger partial charge in [0.1, 0.15) is 5.75 Å². The van der Waals surface area contributed by atoms with Crippen molar-refractivity contribution in [1.82, 2.24) is 0 Å². The highest BCUT2D eigenvalue weighted by Crippen LogP contribution is 2.34. The molecular formula is C17H20FNO2. The Kier molecular flexibility index (Phi) is 4.07. The number of rotatable bonds is 3. The molecule has 112 valence electrons. The largest absolute Gasteiger partial charge is 0.494 e. The second-order valence-electron chi connectivity index (χ2n) is 5.90. The summed E-state index contributed by atoms with van der Waals surface area (Å²) in [6, 6.07) is 10.4. The van der Waals surface area contributed by atoms with Gasteiger partial charge in [0.2, 0.25) is 0 Å². The molecule has 0 amide bonds. The van der Waals surface area contributed by atoms with Crippen molar-refractivity contribution < 1.29 is 13.9 Å². The van der Waals surface area contributed by atoms with E-state index in [2.05, 4.69) is 20.8 Å². The minimum Gasteiger partial charge on any atom is -0.494 e. The smallest absolute Gasteiger partial charge is 0.167 e. The van der Waals surface area contributed by atoms with Crippen LogP contribution in [0.2, 0.25) is 0 Å². The average Bonchev–Trinajstić information content (AvgIpc) is 2.41. The first kappa shape index (κ1) is 15.2. The molecule has 0 bridgehead atoms. The van der Waals surface area contributed by atoms with Crippen LogP contribution in [0.1, 0.15) is 26.3 Å². The van der Waals surface area contributed by atoms with E-state index in [1.54, 1.807) is 0 Å². The highest BCUT2D eigenvalue weighted by atomic mass is 19.1. The predicted octanol–water partition coefficient (Wildman–Crippen LogP) is 4.51. The van der Waals surface area contributed by atoms with Crippen LogP contribution in [-0.2, 0) is 5.41 Å². The van der Waals surface area contributed by atoms with E-state index >= 15 is 0 Å². The first-order valence-corrected chi connectivity index (χ1v) is 6.72. The molecule has 0 atom stereocenters. The summed E-state index contributed by atoms with van der Waals surface area (Å²) in [5, 5.41) is 0. The predicted molar refractivity (Wildman–Crippen MR) is 82.6 cm³/mol. The van der Waals surface area contributed by atoms with E-state index < -0.39 is 5.82 Å². The number of methoxy groups -OCH3 is 1. The molecule has 2 rings (SSSR count). The average molecular weight is 289 g/mol. The van der Waals surface area contributed by atoms with Crippen LogP contribution in [0.15, 0.2) is 36.4 Å². The van der Waals surface area contributed by atoms with Crippen LogP contribution in [0.5, 0.6) is 17.2 Å². The van der Waals surface area contributed by atoms with E-state index in [-0.39, 0.29) is 16.9 Å². The Morgan fingerprint density at radius 3 is 2.14 bits per heavy atom. The molecule has 4 heteroatoms. The maximum absolute atomic E-state index is 13.5. The number of halogens is 1. The summed E-state index contributed by atoms with van der Waals surface area (Å²) in [6.45, 7) is 6.43. The zero-order valence-electron chi connectivity index (χ0n) is 12.7. The van der Waals surface area contributed by atoms with Crippen molar-refractivity contribution in [2.24, 2.45) is 0 Å². The fraction of sp³-hybridized carbons (Fsp3) is 0.294. The number of hydrogen-bond acceptors (Lipinski definition) is 3. The highest BCUT2D eigenvalue weighted by molar-refractivity contribution is 5.57. The van der Waals surface area contributed by atoms with Crippen LogP contribution in [0.4, 0.5) is 10.1 Å². The first-order valence-electron chi connectivity index (χ1n) is 6.72. The van der Waals surface area contributed by atoms with Crippen molar-refractivity contribution in [3.63, 3.8) is 0 Å². The number of anilines is 1. The summed E-state index contributed by atoms with van der Waals surface area (Å²) in [5.41, 5.74) is 7.29. The Labute approximate surface area is 124 Å². The molecular weight excluding hydrogens is 269 g/mol. The van der Waals surface area contributed by atoms with Crippen LogP contribution in [0, 0.1) is 5.82 Å². The molecule has 0 aliphatic carbocycles. The van der Waals surface area contributed by atoms with Gasteiger partial charge in [0.25, 0.3) is 0 Å². The third-order valence-corrected chi connectivity index (χ3v) is 3.23. The molecule has 2 aromatic rings. The monoisotopic (exact) mass is 289 g/mol. The lowest BCUT2D eigenvalue weighted by atomic mass is 9.87. The van der Waals surface area contributed by atoms with Crippen LogP contribution in [-0.4, -0.2) is 7.11 Å². The van der Waals surface area contributed by atoms with Gasteiger partial charge in [-0.2, -0.15) is 0 Å².